The monoisotopic (exact) mass is 411 g/mol. The van der Waals surface area contributed by atoms with E-state index < -0.39 is 0 Å². The summed E-state index contributed by atoms with van der Waals surface area (Å²) in [6.45, 7) is 1.68. The highest BCUT2D eigenvalue weighted by atomic mass is 35.5. The van der Waals surface area contributed by atoms with Crippen molar-refractivity contribution in [2.75, 3.05) is 24.2 Å². The van der Waals surface area contributed by atoms with Gasteiger partial charge in [-0.05, 0) is 55.1 Å². The fourth-order valence-corrected chi connectivity index (χ4v) is 4.22. The van der Waals surface area contributed by atoms with Crippen LogP contribution in [0.2, 0.25) is 0 Å². The molecule has 0 spiro atoms. The number of nitrogens with one attached hydrogen (secondary N) is 3. The zero-order valence-electron chi connectivity index (χ0n) is 14.2. The molecular weight excluding hydrogens is 390 g/mol. The Balaban J connectivity index is 0.00000243. The van der Waals surface area contributed by atoms with Crippen molar-refractivity contribution in [1.82, 2.24) is 10.6 Å². The Hall–Kier alpha value is -1.54. The normalized spacial score (nSPS) is 15.9. The van der Waals surface area contributed by atoms with E-state index in [9.17, 15) is 9.59 Å². The van der Waals surface area contributed by atoms with E-state index in [-0.39, 0.29) is 24.2 Å². The number of hydrogen-bond acceptors (Lipinski definition) is 5. The number of thioether (sulfide) groups is 1. The van der Waals surface area contributed by atoms with Gasteiger partial charge in [-0.15, -0.1) is 35.5 Å². The number of rotatable bonds is 7. The predicted molar refractivity (Wildman–Crippen MR) is 111 cm³/mol. The summed E-state index contributed by atoms with van der Waals surface area (Å²) < 4.78 is 1.12. The van der Waals surface area contributed by atoms with Gasteiger partial charge in [0.25, 0.3) is 5.91 Å². The lowest BCUT2D eigenvalue weighted by Gasteiger charge is -2.11. The summed E-state index contributed by atoms with van der Waals surface area (Å²) >= 11 is 3.14. The number of amides is 2. The maximum atomic E-state index is 12.1. The van der Waals surface area contributed by atoms with Gasteiger partial charge in [-0.25, -0.2) is 0 Å². The van der Waals surface area contributed by atoms with Crippen molar-refractivity contribution in [2.24, 2.45) is 0 Å². The number of carbonyl (C=O) groups excluding carboxylic acids is 2. The number of halogens is 1. The molecule has 140 valence electrons. The maximum absolute atomic E-state index is 12.1. The quantitative estimate of drug-likeness (QED) is 0.611. The second-order valence-electron chi connectivity index (χ2n) is 5.85. The van der Waals surface area contributed by atoms with Gasteiger partial charge in [-0.3, -0.25) is 9.59 Å². The van der Waals surface area contributed by atoms with Crippen LogP contribution in [0.3, 0.4) is 0 Å². The Labute approximate surface area is 167 Å². The van der Waals surface area contributed by atoms with Gasteiger partial charge in [0.1, 0.15) is 0 Å². The zero-order chi connectivity index (χ0) is 17.5. The second-order valence-corrected chi connectivity index (χ2v) is 8.07. The van der Waals surface area contributed by atoms with Gasteiger partial charge < -0.3 is 16.0 Å². The smallest absolute Gasteiger partial charge is 0.251 e. The highest BCUT2D eigenvalue weighted by molar-refractivity contribution is 8.01. The van der Waals surface area contributed by atoms with E-state index in [0.717, 1.165) is 17.2 Å². The van der Waals surface area contributed by atoms with Crippen LogP contribution < -0.4 is 16.0 Å². The molecule has 1 saturated heterocycles. The Morgan fingerprint density at radius 1 is 1.23 bits per heavy atom. The molecule has 1 fully saturated rings. The molecule has 26 heavy (non-hydrogen) atoms. The molecule has 0 saturated carbocycles. The third-order valence-corrected chi connectivity index (χ3v) is 6.07. The lowest BCUT2D eigenvalue weighted by molar-refractivity contribution is -0.113. The van der Waals surface area contributed by atoms with Crippen molar-refractivity contribution in [1.29, 1.82) is 0 Å². The largest absolute Gasteiger partial charge is 0.350 e. The lowest BCUT2D eigenvalue weighted by atomic mass is 10.1. The molecule has 1 unspecified atom stereocenters. The third kappa shape index (κ3) is 6.32. The standard InChI is InChI=1S/C18H21N3O2S2.ClH/c22-16(12-25-17-4-2-10-24-17)21-14-7-5-13(6-8-14)18(23)20-11-15-3-1-9-19-15;/h2,4-8,10,15,19H,1,3,9,11-12H2,(H,20,23)(H,21,22);1H. The maximum Gasteiger partial charge on any atom is 0.251 e. The lowest BCUT2D eigenvalue weighted by Crippen LogP contribution is -2.37. The van der Waals surface area contributed by atoms with Crippen molar-refractivity contribution >= 4 is 53.0 Å². The fourth-order valence-electron chi connectivity index (χ4n) is 2.63. The minimum absolute atomic E-state index is 0. The van der Waals surface area contributed by atoms with E-state index >= 15 is 0 Å². The van der Waals surface area contributed by atoms with Crippen LogP contribution in [-0.4, -0.2) is 36.7 Å². The zero-order valence-corrected chi connectivity index (χ0v) is 16.6. The second kappa shape index (κ2) is 10.6. The van der Waals surface area contributed by atoms with E-state index in [1.165, 1.54) is 18.2 Å². The number of carbonyl (C=O) groups is 2. The predicted octanol–water partition coefficient (Wildman–Crippen LogP) is 3.38. The summed E-state index contributed by atoms with van der Waals surface area (Å²) in [4.78, 5) is 24.1. The first-order chi connectivity index (χ1) is 12.2. The van der Waals surface area contributed by atoms with Gasteiger partial charge in [0, 0.05) is 23.8 Å². The summed E-state index contributed by atoms with van der Waals surface area (Å²) in [5.41, 5.74) is 1.30. The average molecular weight is 412 g/mol. The van der Waals surface area contributed by atoms with Gasteiger partial charge in [0.05, 0.1) is 9.96 Å². The SMILES string of the molecule is Cl.O=C(CSc1cccs1)Nc1ccc(C(=O)NCC2CCCN2)cc1. The first-order valence-electron chi connectivity index (χ1n) is 8.28. The van der Waals surface area contributed by atoms with Crippen molar-refractivity contribution in [3.05, 3.63) is 47.3 Å². The van der Waals surface area contributed by atoms with Gasteiger partial charge in [0.15, 0.2) is 0 Å². The van der Waals surface area contributed by atoms with E-state index in [1.54, 1.807) is 35.6 Å². The summed E-state index contributed by atoms with van der Waals surface area (Å²) in [5, 5.41) is 11.1. The summed E-state index contributed by atoms with van der Waals surface area (Å²) in [7, 11) is 0. The molecule has 5 nitrogen and oxygen atoms in total. The highest BCUT2D eigenvalue weighted by Crippen LogP contribution is 2.23. The van der Waals surface area contributed by atoms with Crippen LogP contribution in [0.1, 0.15) is 23.2 Å². The van der Waals surface area contributed by atoms with E-state index in [2.05, 4.69) is 16.0 Å². The third-order valence-electron chi connectivity index (χ3n) is 3.94. The fraction of sp³-hybridized carbons (Fsp3) is 0.333. The summed E-state index contributed by atoms with van der Waals surface area (Å²) in [6, 6.07) is 11.3. The van der Waals surface area contributed by atoms with Crippen molar-refractivity contribution in [2.45, 2.75) is 23.1 Å². The summed E-state index contributed by atoms with van der Waals surface area (Å²) in [5.74, 6) is 0.236. The first-order valence-corrected chi connectivity index (χ1v) is 10.1. The topological polar surface area (TPSA) is 70.2 Å². The summed E-state index contributed by atoms with van der Waals surface area (Å²) in [6.07, 6.45) is 2.27. The van der Waals surface area contributed by atoms with Crippen LogP contribution in [0.15, 0.2) is 46.0 Å². The minimum Gasteiger partial charge on any atom is -0.350 e. The Kier molecular flexibility index (Phi) is 8.44. The number of anilines is 1. The molecule has 3 rings (SSSR count). The van der Waals surface area contributed by atoms with Gasteiger partial charge in [0.2, 0.25) is 5.91 Å². The van der Waals surface area contributed by atoms with Gasteiger partial charge in [-0.2, -0.15) is 0 Å². The molecule has 1 aliphatic rings. The Morgan fingerprint density at radius 2 is 2.04 bits per heavy atom. The van der Waals surface area contributed by atoms with Gasteiger partial charge in [-0.1, -0.05) is 6.07 Å². The molecule has 1 atom stereocenters. The van der Waals surface area contributed by atoms with Crippen LogP contribution in [0, 0.1) is 0 Å². The average Bonchev–Trinajstić information content (AvgIpc) is 3.32. The molecule has 1 aromatic carbocycles. The van der Waals surface area contributed by atoms with Crippen LogP contribution in [0.25, 0.3) is 0 Å². The van der Waals surface area contributed by atoms with Crippen LogP contribution in [0.5, 0.6) is 0 Å². The minimum atomic E-state index is -0.0835. The highest BCUT2D eigenvalue weighted by Gasteiger charge is 2.15. The van der Waals surface area contributed by atoms with Crippen LogP contribution in [-0.2, 0) is 4.79 Å². The molecular formula is C18H22ClN3O2S2. The molecule has 3 N–H and O–H groups in total. The number of thiophene rings is 1. The number of benzene rings is 1. The van der Waals surface area contributed by atoms with Gasteiger partial charge >= 0.3 is 0 Å². The molecule has 2 heterocycles. The van der Waals surface area contributed by atoms with Crippen LogP contribution in [0.4, 0.5) is 5.69 Å². The van der Waals surface area contributed by atoms with E-state index in [4.69, 9.17) is 0 Å². The molecule has 1 aromatic heterocycles. The molecule has 2 amide bonds. The van der Waals surface area contributed by atoms with E-state index in [0.29, 0.717) is 29.6 Å². The molecule has 8 heteroatoms. The van der Waals surface area contributed by atoms with Crippen molar-refractivity contribution in [3.8, 4) is 0 Å². The van der Waals surface area contributed by atoms with Crippen molar-refractivity contribution < 1.29 is 9.59 Å². The number of hydrogen-bond donors (Lipinski definition) is 3. The Morgan fingerprint density at radius 3 is 2.69 bits per heavy atom. The molecule has 0 radical (unpaired) electrons. The molecule has 1 aliphatic heterocycles. The molecule has 0 aliphatic carbocycles. The first kappa shape index (κ1) is 20.8. The van der Waals surface area contributed by atoms with Crippen molar-refractivity contribution in [3.63, 3.8) is 0 Å². The van der Waals surface area contributed by atoms with Crippen LogP contribution >= 0.6 is 35.5 Å². The Bertz CT molecular complexity index is 702. The molecule has 2 aromatic rings. The van der Waals surface area contributed by atoms with E-state index in [1.807, 2.05) is 17.5 Å². The molecule has 0 bridgehead atoms.